The quantitative estimate of drug-likeness (QED) is 0.428. The molecule has 5 N–H and O–H groups in total. The van der Waals surface area contributed by atoms with E-state index in [4.69, 9.17) is 10.2 Å². The Bertz CT molecular complexity index is 1200. The SMILES string of the molecule is NC(=O)c1cccc(Nc2nccc(Nc3ccc4oc(=O)[nH]c4c3)n2)c1. The lowest BCUT2D eigenvalue weighted by Gasteiger charge is -2.09. The molecule has 0 bridgehead atoms. The molecule has 0 fully saturated rings. The molecule has 0 aliphatic heterocycles. The Morgan fingerprint density at radius 2 is 1.93 bits per heavy atom. The smallest absolute Gasteiger partial charge is 0.408 e. The standard InChI is InChI=1S/C18H14N6O3/c19-16(25)10-2-1-3-11(8-10)22-17-20-7-6-15(24-17)21-12-4-5-14-13(9-12)23-18(26)27-14/h1-9H,(H2,19,25)(H,23,26)(H2,20,21,22,24). The van der Waals surface area contributed by atoms with Gasteiger partial charge in [-0.2, -0.15) is 4.98 Å². The van der Waals surface area contributed by atoms with Gasteiger partial charge in [0.05, 0.1) is 5.52 Å². The van der Waals surface area contributed by atoms with Crippen LogP contribution >= 0.6 is 0 Å². The van der Waals surface area contributed by atoms with E-state index in [0.29, 0.717) is 34.1 Å². The van der Waals surface area contributed by atoms with Crippen molar-refractivity contribution in [2.45, 2.75) is 0 Å². The molecule has 0 saturated heterocycles. The highest BCUT2D eigenvalue weighted by atomic mass is 16.4. The highest BCUT2D eigenvalue weighted by molar-refractivity contribution is 5.93. The van der Waals surface area contributed by atoms with E-state index in [1.807, 2.05) is 0 Å². The van der Waals surface area contributed by atoms with Crippen molar-refractivity contribution in [1.29, 1.82) is 0 Å². The molecular formula is C18H14N6O3. The van der Waals surface area contributed by atoms with E-state index in [9.17, 15) is 9.59 Å². The molecule has 0 radical (unpaired) electrons. The number of hydrogen-bond donors (Lipinski definition) is 4. The van der Waals surface area contributed by atoms with Crippen molar-refractivity contribution in [2.24, 2.45) is 5.73 Å². The van der Waals surface area contributed by atoms with Crippen molar-refractivity contribution >= 4 is 40.1 Å². The molecule has 1 amide bonds. The van der Waals surface area contributed by atoms with Crippen LogP contribution in [0.1, 0.15) is 10.4 Å². The largest absolute Gasteiger partial charge is 0.417 e. The predicted octanol–water partition coefficient (Wildman–Crippen LogP) is 2.50. The summed E-state index contributed by atoms with van der Waals surface area (Å²) in [5.74, 6) is -0.125. The van der Waals surface area contributed by atoms with Gasteiger partial charge in [0.2, 0.25) is 11.9 Å². The lowest BCUT2D eigenvalue weighted by atomic mass is 10.2. The number of aromatic nitrogens is 3. The molecule has 27 heavy (non-hydrogen) atoms. The van der Waals surface area contributed by atoms with Gasteiger partial charge < -0.3 is 20.8 Å². The van der Waals surface area contributed by atoms with E-state index in [-0.39, 0.29) is 0 Å². The fraction of sp³-hybridized carbons (Fsp3) is 0. The number of carbonyl (C=O) groups is 1. The molecule has 4 aromatic rings. The molecule has 0 atom stereocenters. The minimum absolute atomic E-state index is 0.347. The van der Waals surface area contributed by atoms with E-state index >= 15 is 0 Å². The van der Waals surface area contributed by atoms with E-state index in [1.165, 1.54) is 0 Å². The Morgan fingerprint density at radius 3 is 2.78 bits per heavy atom. The van der Waals surface area contributed by atoms with Crippen LogP contribution in [0.3, 0.4) is 0 Å². The summed E-state index contributed by atoms with van der Waals surface area (Å²) in [6.45, 7) is 0. The van der Waals surface area contributed by atoms with Crippen molar-refractivity contribution in [3.8, 4) is 0 Å². The van der Waals surface area contributed by atoms with Crippen LogP contribution in [-0.2, 0) is 0 Å². The Balaban J connectivity index is 1.55. The first-order chi connectivity index (χ1) is 13.1. The number of benzene rings is 2. The summed E-state index contributed by atoms with van der Waals surface area (Å²) >= 11 is 0. The molecule has 0 aliphatic carbocycles. The molecule has 2 aromatic heterocycles. The van der Waals surface area contributed by atoms with Crippen LogP contribution in [0, 0.1) is 0 Å². The van der Waals surface area contributed by atoms with Crippen LogP contribution in [0.2, 0.25) is 0 Å². The third-order valence-corrected chi connectivity index (χ3v) is 3.75. The number of aromatic amines is 1. The second-order valence-electron chi connectivity index (χ2n) is 5.69. The fourth-order valence-corrected chi connectivity index (χ4v) is 2.55. The minimum Gasteiger partial charge on any atom is -0.408 e. The Hall–Kier alpha value is -4.14. The van der Waals surface area contributed by atoms with E-state index < -0.39 is 11.7 Å². The molecule has 4 rings (SSSR count). The van der Waals surface area contributed by atoms with E-state index in [0.717, 1.165) is 5.69 Å². The molecule has 0 spiro atoms. The number of hydrogen-bond acceptors (Lipinski definition) is 7. The van der Waals surface area contributed by atoms with Crippen molar-refractivity contribution < 1.29 is 9.21 Å². The number of amides is 1. The normalized spacial score (nSPS) is 10.7. The highest BCUT2D eigenvalue weighted by Crippen LogP contribution is 2.21. The molecule has 0 saturated carbocycles. The van der Waals surface area contributed by atoms with Crippen LogP contribution in [-0.4, -0.2) is 20.9 Å². The number of nitrogens with two attached hydrogens (primary N) is 1. The summed E-state index contributed by atoms with van der Waals surface area (Å²) in [6, 6.07) is 13.6. The maximum Gasteiger partial charge on any atom is 0.417 e. The predicted molar refractivity (Wildman–Crippen MR) is 100 cm³/mol. The third-order valence-electron chi connectivity index (χ3n) is 3.75. The van der Waals surface area contributed by atoms with Crippen molar-refractivity contribution in [1.82, 2.24) is 15.0 Å². The number of anilines is 4. The zero-order chi connectivity index (χ0) is 18.8. The van der Waals surface area contributed by atoms with Gasteiger partial charge in [-0.05, 0) is 42.5 Å². The molecule has 2 heterocycles. The maximum absolute atomic E-state index is 11.3. The van der Waals surface area contributed by atoms with Gasteiger partial charge in [-0.15, -0.1) is 0 Å². The number of carbonyl (C=O) groups excluding carboxylic acids is 1. The number of nitrogens with one attached hydrogen (secondary N) is 3. The van der Waals surface area contributed by atoms with Gasteiger partial charge in [0.1, 0.15) is 5.82 Å². The Kier molecular flexibility index (Phi) is 4.01. The van der Waals surface area contributed by atoms with Crippen LogP contribution in [0.5, 0.6) is 0 Å². The second kappa shape index (κ2) is 6.64. The first kappa shape index (κ1) is 16.3. The molecule has 0 unspecified atom stereocenters. The molecule has 9 nitrogen and oxygen atoms in total. The summed E-state index contributed by atoms with van der Waals surface area (Å²) < 4.78 is 4.98. The summed E-state index contributed by atoms with van der Waals surface area (Å²) in [4.78, 5) is 33.7. The van der Waals surface area contributed by atoms with Crippen LogP contribution in [0.15, 0.2) is 63.9 Å². The van der Waals surface area contributed by atoms with Crippen molar-refractivity contribution in [2.75, 3.05) is 10.6 Å². The number of rotatable bonds is 5. The van der Waals surface area contributed by atoms with Gasteiger partial charge in [0.15, 0.2) is 5.58 Å². The fourth-order valence-electron chi connectivity index (χ4n) is 2.55. The number of H-pyrrole nitrogens is 1. The number of fused-ring (bicyclic) bond motifs is 1. The van der Waals surface area contributed by atoms with E-state index in [1.54, 1.807) is 54.7 Å². The number of oxazole rings is 1. The molecule has 9 heteroatoms. The molecule has 2 aromatic carbocycles. The number of primary amides is 1. The molecular weight excluding hydrogens is 348 g/mol. The van der Waals surface area contributed by atoms with Gasteiger partial charge in [-0.3, -0.25) is 9.78 Å². The van der Waals surface area contributed by atoms with Crippen molar-refractivity contribution in [3.05, 3.63) is 70.8 Å². The summed E-state index contributed by atoms with van der Waals surface area (Å²) in [5.41, 5.74) is 8.10. The first-order valence-corrected chi connectivity index (χ1v) is 7.97. The Morgan fingerprint density at radius 1 is 1.07 bits per heavy atom. The van der Waals surface area contributed by atoms with Crippen molar-refractivity contribution in [3.63, 3.8) is 0 Å². The first-order valence-electron chi connectivity index (χ1n) is 7.97. The lowest BCUT2D eigenvalue weighted by molar-refractivity contribution is 0.100. The highest BCUT2D eigenvalue weighted by Gasteiger charge is 2.06. The van der Waals surface area contributed by atoms with E-state index in [2.05, 4.69) is 25.6 Å². The zero-order valence-corrected chi connectivity index (χ0v) is 13.9. The number of nitrogens with zero attached hydrogens (tertiary/aromatic N) is 2. The van der Waals surface area contributed by atoms with Gasteiger partial charge in [-0.25, -0.2) is 9.78 Å². The van der Waals surface area contributed by atoms with Gasteiger partial charge in [-0.1, -0.05) is 6.07 Å². The third kappa shape index (κ3) is 3.61. The Labute approximate surface area is 152 Å². The van der Waals surface area contributed by atoms with Crippen LogP contribution in [0.25, 0.3) is 11.1 Å². The summed E-state index contributed by atoms with van der Waals surface area (Å²) in [5, 5.41) is 6.16. The lowest BCUT2D eigenvalue weighted by Crippen LogP contribution is -2.11. The second-order valence-corrected chi connectivity index (χ2v) is 5.69. The summed E-state index contributed by atoms with van der Waals surface area (Å²) in [7, 11) is 0. The average molecular weight is 362 g/mol. The molecule has 134 valence electrons. The maximum atomic E-state index is 11.3. The monoisotopic (exact) mass is 362 g/mol. The minimum atomic E-state index is -0.511. The van der Waals surface area contributed by atoms with Crippen LogP contribution in [0.4, 0.5) is 23.1 Å². The van der Waals surface area contributed by atoms with Gasteiger partial charge in [0.25, 0.3) is 0 Å². The zero-order valence-electron chi connectivity index (χ0n) is 13.9. The topological polar surface area (TPSA) is 139 Å². The summed E-state index contributed by atoms with van der Waals surface area (Å²) in [6.07, 6.45) is 1.59. The average Bonchev–Trinajstić information content (AvgIpc) is 3.01. The van der Waals surface area contributed by atoms with Gasteiger partial charge in [0, 0.05) is 23.1 Å². The van der Waals surface area contributed by atoms with Crippen LogP contribution < -0.4 is 22.1 Å². The molecule has 0 aliphatic rings. The van der Waals surface area contributed by atoms with Gasteiger partial charge >= 0.3 is 5.76 Å².